The van der Waals surface area contributed by atoms with Crippen LogP contribution in [0.3, 0.4) is 0 Å². The second-order valence-electron chi connectivity index (χ2n) is 17.8. The maximum atomic E-state index is 13.2. The van der Waals surface area contributed by atoms with Gasteiger partial charge in [-0.1, -0.05) is 83.7 Å². The molecule has 4 aliphatic carbocycles. The van der Waals surface area contributed by atoms with Gasteiger partial charge in [0.25, 0.3) is 0 Å². The molecule has 6 nitrogen and oxygen atoms in total. The summed E-state index contributed by atoms with van der Waals surface area (Å²) in [5.41, 5.74) is 2.34. The normalized spacial score (nSPS) is 30.4. The topological polar surface area (TPSA) is 75.0 Å². The first-order valence-corrected chi connectivity index (χ1v) is 20.3. The average molecular weight is 709 g/mol. The van der Waals surface area contributed by atoms with Crippen molar-refractivity contribution in [2.24, 2.45) is 46.3 Å². The molecule has 0 radical (unpaired) electrons. The molecule has 4 aliphatic rings. The fraction of sp³-hybridized carbons (Fsp3) is 0.609. The summed E-state index contributed by atoms with van der Waals surface area (Å²) < 4.78 is 23.7. The lowest BCUT2D eigenvalue weighted by Gasteiger charge is -2.61. The average Bonchev–Trinajstić information content (AvgIpc) is 3.12. The predicted molar refractivity (Wildman–Crippen MR) is 207 cm³/mol. The number of aryl methyl sites for hydroxylation is 1. The van der Waals surface area contributed by atoms with Gasteiger partial charge in [-0.25, -0.2) is 4.79 Å². The number of carbonyl (C=O) groups is 1. The van der Waals surface area contributed by atoms with Crippen molar-refractivity contribution in [1.29, 1.82) is 0 Å². The minimum absolute atomic E-state index is 0.117. The number of ether oxygens (including phenoxy) is 3. The van der Waals surface area contributed by atoms with E-state index in [0.29, 0.717) is 33.6 Å². The molecule has 3 aromatic rings. The number of benzene rings is 2. The van der Waals surface area contributed by atoms with E-state index in [2.05, 4.69) is 40.7 Å². The lowest BCUT2D eigenvalue weighted by Crippen LogP contribution is -2.52. The zero-order valence-corrected chi connectivity index (χ0v) is 32.4. The van der Waals surface area contributed by atoms with E-state index in [1.54, 1.807) is 37.3 Å². The molecule has 280 valence electrons. The third kappa shape index (κ3) is 7.46. The van der Waals surface area contributed by atoms with Crippen LogP contribution in [-0.4, -0.2) is 18.7 Å². The molecule has 0 amide bonds. The first-order chi connectivity index (χ1) is 24.9. The highest BCUT2D eigenvalue weighted by molar-refractivity contribution is 5.80. The van der Waals surface area contributed by atoms with Crippen molar-refractivity contribution in [1.82, 2.24) is 0 Å². The summed E-state index contributed by atoms with van der Waals surface area (Å²) in [7, 11) is 0. The molecule has 6 heteroatoms. The van der Waals surface area contributed by atoms with Gasteiger partial charge in [-0.05, 0) is 129 Å². The van der Waals surface area contributed by atoms with Crippen molar-refractivity contribution < 1.29 is 23.4 Å². The largest absolute Gasteiger partial charge is 0.482 e. The molecule has 0 bridgehead atoms. The van der Waals surface area contributed by atoms with Crippen LogP contribution in [0.5, 0.6) is 17.2 Å². The molecule has 0 spiro atoms. The van der Waals surface area contributed by atoms with Crippen LogP contribution in [0.4, 0.5) is 0 Å². The van der Waals surface area contributed by atoms with Crippen molar-refractivity contribution >= 4 is 16.9 Å². The van der Waals surface area contributed by atoms with Crippen LogP contribution in [0.15, 0.2) is 69.4 Å². The Morgan fingerprint density at radius 2 is 1.75 bits per heavy atom. The molecular formula is C46H60O6. The zero-order valence-electron chi connectivity index (χ0n) is 32.4. The Hall–Kier alpha value is -3.54. The van der Waals surface area contributed by atoms with Crippen LogP contribution in [0, 0.1) is 53.3 Å². The van der Waals surface area contributed by atoms with E-state index < -0.39 is 0 Å². The van der Waals surface area contributed by atoms with Crippen LogP contribution in [0.1, 0.15) is 117 Å². The molecule has 0 N–H and O–H groups in total. The Kier molecular flexibility index (Phi) is 10.7. The van der Waals surface area contributed by atoms with Gasteiger partial charge in [-0.2, -0.15) is 0 Å². The Bertz CT molecular complexity index is 1820. The molecule has 1 heterocycles. The van der Waals surface area contributed by atoms with Gasteiger partial charge in [-0.15, -0.1) is 0 Å². The molecule has 3 fully saturated rings. The molecule has 52 heavy (non-hydrogen) atoms. The summed E-state index contributed by atoms with van der Waals surface area (Å²) in [5, 5.41) is 0.386. The summed E-state index contributed by atoms with van der Waals surface area (Å²) in [6.45, 7) is 13.9. The molecule has 3 saturated carbocycles. The number of hydrogen-bond acceptors (Lipinski definition) is 6. The molecular weight excluding hydrogens is 649 g/mol. The van der Waals surface area contributed by atoms with Crippen molar-refractivity contribution in [3.8, 4) is 17.2 Å². The smallest absolute Gasteiger partial charge is 0.344 e. The Morgan fingerprint density at radius 3 is 2.54 bits per heavy atom. The SMILES string of the molecule is Cc1oc2cc(OCC(=O)O[C@@H]3CC[C@@]4(C)C(=CC[C@@H]5[C@@H]6CC[C@H]([C@H](C)CCCC(C)C)C[C@@]6(C)CC[C@@H]54)C3)ccc2c(=O)c1Oc1ccccc1. The van der Waals surface area contributed by atoms with E-state index in [9.17, 15) is 9.59 Å². The minimum Gasteiger partial charge on any atom is -0.482 e. The molecule has 0 aliphatic heterocycles. The van der Waals surface area contributed by atoms with E-state index in [-0.39, 0.29) is 35.3 Å². The number of esters is 1. The van der Waals surface area contributed by atoms with Crippen LogP contribution < -0.4 is 14.9 Å². The number of allylic oxidation sites excluding steroid dienone is 1. The highest BCUT2D eigenvalue weighted by Crippen LogP contribution is 2.65. The monoisotopic (exact) mass is 708 g/mol. The van der Waals surface area contributed by atoms with E-state index in [1.165, 1.54) is 63.4 Å². The predicted octanol–water partition coefficient (Wildman–Crippen LogP) is 11.6. The summed E-state index contributed by atoms with van der Waals surface area (Å²) in [5.74, 6) is 6.09. The number of fused-ring (bicyclic) bond motifs is 6. The summed E-state index contributed by atoms with van der Waals surface area (Å²) in [6, 6.07) is 14.1. The van der Waals surface area contributed by atoms with Crippen LogP contribution in [0.2, 0.25) is 0 Å². The van der Waals surface area contributed by atoms with Gasteiger partial charge in [0.2, 0.25) is 11.2 Å². The maximum absolute atomic E-state index is 13.2. The quantitative estimate of drug-likeness (QED) is 0.146. The molecule has 2 aromatic carbocycles. The van der Waals surface area contributed by atoms with Crippen LogP contribution in [-0.2, 0) is 9.53 Å². The fourth-order valence-electron chi connectivity index (χ4n) is 11.0. The molecule has 7 rings (SSSR count). The Morgan fingerprint density at radius 1 is 0.942 bits per heavy atom. The number of para-hydroxylation sites is 1. The third-order valence-corrected chi connectivity index (χ3v) is 14.0. The van der Waals surface area contributed by atoms with Crippen molar-refractivity contribution in [3.63, 3.8) is 0 Å². The van der Waals surface area contributed by atoms with Gasteiger partial charge in [0, 0.05) is 12.5 Å². The standard InChI is InChI=1S/C46H60O6/c1-29(2)11-10-12-30(3)32-15-20-39-37-18-16-33-25-36(21-24-46(33,6)40(37)22-23-45(39,5)27-32)51-42(47)28-49-35-17-19-38-41(26-35)50-31(4)44(43(38)48)52-34-13-8-7-9-14-34/h7-9,13-14,16-17,19,26,29-30,32,36-37,39-40H,10-12,15,18,20-25,27-28H2,1-6H3/t30-,32+,36-,37-,39+,40+,45-,46+/m1/s1. The van der Waals surface area contributed by atoms with Crippen molar-refractivity contribution in [2.45, 2.75) is 125 Å². The number of rotatable bonds is 11. The summed E-state index contributed by atoms with van der Waals surface area (Å²) >= 11 is 0. The molecule has 0 unspecified atom stereocenters. The number of carbonyl (C=O) groups excluding carboxylic acids is 1. The first-order valence-electron chi connectivity index (χ1n) is 20.3. The Labute approximate surface area is 310 Å². The van der Waals surface area contributed by atoms with Gasteiger partial charge >= 0.3 is 5.97 Å². The molecule has 0 saturated heterocycles. The lowest BCUT2D eigenvalue weighted by molar-refractivity contribution is -0.154. The van der Waals surface area contributed by atoms with Crippen molar-refractivity contribution in [3.05, 3.63) is 76.2 Å². The van der Waals surface area contributed by atoms with E-state index in [0.717, 1.165) is 54.8 Å². The van der Waals surface area contributed by atoms with E-state index >= 15 is 0 Å². The van der Waals surface area contributed by atoms with Gasteiger partial charge in [-0.3, -0.25) is 4.79 Å². The minimum atomic E-state index is -0.365. The second-order valence-corrected chi connectivity index (χ2v) is 17.8. The molecule has 8 atom stereocenters. The zero-order chi connectivity index (χ0) is 36.6. The maximum Gasteiger partial charge on any atom is 0.344 e. The van der Waals surface area contributed by atoms with Gasteiger partial charge in [0.05, 0.1) is 5.39 Å². The highest BCUT2D eigenvalue weighted by Gasteiger charge is 2.56. The number of hydrogen-bond donors (Lipinski definition) is 0. The van der Waals surface area contributed by atoms with Crippen LogP contribution >= 0.6 is 0 Å². The second kappa shape index (κ2) is 15.1. The van der Waals surface area contributed by atoms with E-state index in [1.807, 2.05) is 18.2 Å². The van der Waals surface area contributed by atoms with Crippen molar-refractivity contribution in [2.75, 3.05) is 6.61 Å². The van der Waals surface area contributed by atoms with Gasteiger partial charge in [0.1, 0.15) is 28.9 Å². The highest BCUT2D eigenvalue weighted by atomic mass is 16.6. The first kappa shape index (κ1) is 36.8. The van der Waals surface area contributed by atoms with Gasteiger partial charge < -0.3 is 18.6 Å². The summed E-state index contributed by atoms with van der Waals surface area (Å²) in [6.07, 6.45) is 17.5. The van der Waals surface area contributed by atoms with Crippen LogP contribution in [0.25, 0.3) is 11.0 Å². The summed E-state index contributed by atoms with van der Waals surface area (Å²) in [4.78, 5) is 26.2. The lowest BCUT2D eigenvalue weighted by atomic mass is 9.44. The third-order valence-electron chi connectivity index (χ3n) is 14.0. The molecule has 1 aromatic heterocycles. The van der Waals surface area contributed by atoms with Gasteiger partial charge in [0.15, 0.2) is 6.61 Å². The fourth-order valence-corrected chi connectivity index (χ4v) is 11.0. The Balaban J connectivity index is 0.933. The van der Waals surface area contributed by atoms with E-state index in [4.69, 9.17) is 18.6 Å².